The Bertz CT molecular complexity index is 1010. The molecule has 0 aromatic heterocycles. The summed E-state index contributed by atoms with van der Waals surface area (Å²) in [5, 5.41) is 12.1. The number of methoxy groups -OCH3 is 2. The van der Waals surface area contributed by atoms with Crippen molar-refractivity contribution in [1.82, 2.24) is 15.1 Å². The molecule has 2 aliphatic heterocycles. The first-order valence-electron chi connectivity index (χ1n) is 11.6. The van der Waals surface area contributed by atoms with Crippen LogP contribution in [-0.2, 0) is 38.1 Å². The van der Waals surface area contributed by atoms with Crippen LogP contribution in [0.3, 0.4) is 0 Å². The number of esters is 2. The maximum absolute atomic E-state index is 13.6. The highest BCUT2D eigenvalue weighted by molar-refractivity contribution is 5.96. The van der Waals surface area contributed by atoms with Crippen molar-refractivity contribution in [2.24, 2.45) is 5.73 Å². The molecule has 0 saturated carbocycles. The molecule has 0 aliphatic carbocycles. The Morgan fingerprint density at radius 2 is 1.58 bits per heavy atom. The molecule has 15 nitrogen and oxygen atoms in total. The number of nitrogens with zero attached hydrogens (tertiary/aromatic N) is 2. The molecule has 4 atom stereocenters. The van der Waals surface area contributed by atoms with Crippen molar-refractivity contribution in [1.29, 1.82) is 0 Å². The van der Waals surface area contributed by atoms with Gasteiger partial charge in [0, 0.05) is 12.8 Å². The molecule has 0 radical (unpaired) electrons. The highest BCUT2D eigenvalue weighted by Gasteiger charge is 2.58. The van der Waals surface area contributed by atoms with E-state index in [0.29, 0.717) is 0 Å². The van der Waals surface area contributed by atoms with Gasteiger partial charge in [0.05, 0.1) is 27.3 Å². The molecule has 2 aliphatic rings. The van der Waals surface area contributed by atoms with E-state index in [9.17, 15) is 33.9 Å². The third-order valence-corrected chi connectivity index (χ3v) is 6.05. The number of likely N-dealkylation sites (tertiary alicyclic amines) is 2. The zero-order valence-electron chi connectivity index (χ0n) is 22.0. The molecule has 0 aromatic carbocycles. The predicted molar refractivity (Wildman–Crippen MR) is 127 cm³/mol. The van der Waals surface area contributed by atoms with Gasteiger partial charge in [0.2, 0.25) is 5.91 Å². The second kappa shape index (κ2) is 11.2. The Kier molecular flexibility index (Phi) is 8.98. The predicted octanol–water partition coefficient (Wildman–Crippen LogP) is -0.624. The first-order valence-corrected chi connectivity index (χ1v) is 11.6. The third kappa shape index (κ3) is 6.33. The number of carboxylic acids is 1. The van der Waals surface area contributed by atoms with Crippen molar-refractivity contribution in [2.45, 2.75) is 62.4 Å². The largest absolute Gasteiger partial charge is 0.480 e. The van der Waals surface area contributed by atoms with Gasteiger partial charge in [0.25, 0.3) is 0 Å². The highest BCUT2D eigenvalue weighted by atomic mass is 16.6. The fraction of sp³-hybridized carbons (Fsp3) is 0.652. The van der Waals surface area contributed by atoms with Crippen LogP contribution in [-0.4, -0.2) is 114 Å². The Balaban J connectivity index is 2.44. The van der Waals surface area contributed by atoms with Crippen molar-refractivity contribution in [3.63, 3.8) is 0 Å². The standard InChI is InChI=1S/C23H34N4O11/c1-7-8-37-19(33)27-12-23(18(32)36-6,10-14(27)16(29)30)25-15(28)13-9-22(24,17(31)35-5)11-26(13)20(34)38-21(2,3)4/h7,13-14H,1,8-12,24H2,2-6H3,(H,25,28)(H,29,30)/t13-,14-,22?,23?/m0/s1. The lowest BCUT2D eigenvalue weighted by atomic mass is 9.93. The van der Waals surface area contributed by atoms with Gasteiger partial charge in [-0.25, -0.2) is 24.0 Å². The monoisotopic (exact) mass is 542 g/mol. The normalized spacial score (nSPS) is 26.8. The maximum Gasteiger partial charge on any atom is 0.411 e. The Labute approximate surface area is 219 Å². The molecule has 2 fully saturated rings. The number of aliphatic carboxylic acids is 1. The third-order valence-electron chi connectivity index (χ3n) is 6.05. The van der Waals surface area contributed by atoms with Gasteiger partial charge in [0.1, 0.15) is 29.8 Å². The number of hydrogen-bond acceptors (Lipinski definition) is 11. The van der Waals surface area contributed by atoms with Gasteiger partial charge in [-0.1, -0.05) is 12.7 Å². The van der Waals surface area contributed by atoms with Gasteiger partial charge in [-0.15, -0.1) is 0 Å². The van der Waals surface area contributed by atoms with E-state index in [0.717, 1.165) is 24.0 Å². The van der Waals surface area contributed by atoms with Crippen LogP contribution in [0.4, 0.5) is 9.59 Å². The average molecular weight is 543 g/mol. The first-order chi connectivity index (χ1) is 17.5. The summed E-state index contributed by atoms with van der Waals surface area (Å²) in [4.78, 5) is 77.9. The molecule has 38 heavy (non-hydrogen) atoms. The summed E-state index contributed by atoms with van der Waals surface area (Å²) in [7, 11) is 2.12. The van der Waals surface area contributed by atoms with E-state index in [4.69, 9.17) is 24.7 Å². The van der Waals surface area contributed by atoms with Gasteiger partial charge >= 0.3 is 30.1 Å². The highest BCUT2D eigenvalue weighted by Crippen LogP contribution is 2.33. The van der Waals surface area contributed by atoms with E-state index in [2.05, 4.69) is 11.9 Å². The molecule has 2 heterocycles. The topological polar surface area (TPSA) is 204 Å². The number of hydrogen-bond donors (Lipinski definition) is 3. The Morgan fingerprint density at radius 3 is 2.08 bits per heavy atom. The van der Waals surface area contributed by atoms with Crippen molar-refractivity contribution in [3.8, 4) is 0 Å². The SMILES string of the molecule is C=CCOC(=O)N1CC(NC(=O)[C@@H]2CC(N)(C(=O)OC)CN2C(=O)OC(C)(C)C)(C(=O)OC)C[C@H]1C(=O)O. The molecule has 4 N–H and O–H groups in total. The summed E-state index contributed by atoms with van der Waals surface area (Å²) in [6.07, 6.45) is -1.69. The minimum atomic E-state index is -2.02. The van der Waals surface area contributed by atoms with E-state index in [1.165, 1.54) is 6.08 Å². The van der Waals surface area contributed by atoms with E-state index < -0.39 is 90.7 Å². The van der Waals surface area contributed by atoms with Gasteiger partial charge < -0.3 is 35.1 Å². The van der Waals surface area contributed by atoms with Crippen molar-refractivity contribution >= 4 is 36.0 Å². The van der Waals surface area contributed by atoms with Crippen LogP contribution in [0.2, 0.25) is 0 Å². The van der Waals surface area contributed by atoms with Crippen LogP contribution in [0.5, 0.6) is 0 Å². The minimum absolute atomic E-state index is 0.224. The molecule has 0 aromatic rings. The molecule has 0 bridgehead atoms. The van der Waals surface area contributed by atoms with E-state index in [-0.39, 0.29) is 6.61 Å². The van der Waals surface area contributed by atoms with Crippen LogP contribution in [0.1, 0.15) is 33.6 Å². The lowest BCUT2D eigenvalue weighted by molar-refractivity contribution is -0.151. The number of nitrogens with two attached hydrogens (primary N) is 1. The fourth-order valence-corrected chi connectivity index (χ4v) is 4.37. The first kappa shape index (κ1) is 30.3. The number of carbonyl (C=O) groups excluding carboxylic acids is 5. The maximum atomic E-state index is 13.6. The number of rotatable bonds is 7. The van der Waals surface area contributed by atoms with Gasteiger partial charge in [-0.05, 0) is 20.8 Å². The zero-order chi connectivity index (χ0) is 29.1. The number of carboxylic acid groups (broad SMARTS) is 1. The van der Waals surface area contributed by atoms with Crippen molar-refractivity contribution in [2.75, 3.05) is 33.9 Å². The Morgan fingerprint density at radius 1 is 1.00 bits per heavy atom. The van der Waals surface area contributed by atoms with Crippen LogP contribution in [0.25, 0.3) is 0 Å². The van der Waals surface area contributed by atoms with Gasteiger partial charge in [-0.3, -0.25) is 14.6 Å². The number of ether oxygens (including phenoxy) is 4. The lowest BCUT2D eigenvalue weighted by Gasteiger charge is -2.31. The van der Waals surface area contributed by atoms with Crippen LogP contribution in [0.15, 0.2) is 12.7 Å². The van der Waals surface area contributed by atoms with Gasteiger partial charge in [0.15, 0.2) is 5.54 Å². The molecular formula is C23H34N4O11. The second-order valence-electron chi connectivity index (χ2n) is 10.1. The zero-order valence-corrected chi connectivity index (χ0v) is 22.0. The van der Waals surface area contributed by atoms with Crippen molar-refractivity contribution < 1.29 is 52.8 Å². The molecule has 2 saturated heterocycles. The van der Waals surface area contributed by atoms with E-state index in [1.807, 2.05) is 0 Å². The van der Waals surface area contributed by atoms with Crippen LogP contribution < -0.4 is 11.1 Å². The minimum Gasteiger partial charge on any atom is -0.480 e. The second-order valence-corrected chi connectivity index (χ2v) is 10.1. The molecule has 3 amide bonds. The number of nitrogens with one attached hydrogen (secondary N) is 1. The summed E-state index contributed by atoms with van der Waals surface area (Å²) in [5.41, 5.74) is 1.43. The number of carbonyl (C=O) groups is 6. The van der Waals surface area contributed by atoms with Crippen LogP contribution >= 0.6 is 0 Å². The summed E-state index contributed by atoms with van der Waals surface area (Å²) < 4.78 is 19.9. The summed E-state index contributed by atoms with van der Waals surface area (Å²) >= 11 is 0. The number of amides is 3. The van der Waals surface area contributed by atoms with Crippen molar-refractivity contribution in [3.05, 3.63) is 12.7 Å². The summed E-state index contributed by atoms with van der Waals surface area (Å²) in [6, 6.07) is -2.97. The van der Waals surface area contributed by atoms with E-state index in [1.54, 1.807) is 20.8 Å². The molecule has 2 rings (SSSR count). The smallest absolute Gasteiger partial charge is 0.411 e. The molecule has 212 valence electrons. The van der Waals surface area contributed by atoms with E-state index >= 15 is 0 Å². The molecule has 15 heteroatoms. The summed E-state index contributed by atoms with van der Waals surface area (Å²) in [5.74, 6) is -4.33. The fourth-order valence-electron chi connectivity index (χ4n) is 4.37. The molecule has 0 spiro atoms. The lowest BCUT2D eigenvalue weighted by Crippen LogP contribution is -2.61. The quantitative estimate of drug-likeness (QED) is 0.209. The van der Waals surface area contributed by atoms with Crippen LogP contribution in [0, 0.1) is 0 Å². The molecular weight excluding hydrogens is 508 g/mol. The average Bonchev–Trinajstić information content (AvgIpc) is 3.41. The summed E-state index contributed by atoms with van der Waals surface area (Å²) in [6.45, 7) is 6.94. The molecule has 2 unspecified atom stereocenters. The van der Waals surface area contributed by atoms with Gasteiger partial charge in [-0.2, -0.15) is 0 Å². The Hall–Kier alpha value is -3.88.